The smallest absolute Gasteiger partial charge is 0.399 e. The van der Waals surface area contributed by atoms with Crippen molar-refractivity contribution in [3.63, 3.8) is 0 Å². The molecule has 1 aromatic heterocycles. The van der Waals surface area contributed by atoms with Gasteiger partial charge < -0.3 is 14.2 Å². The number of benzene rings is 3. The highest BCUT2D eigenvalue weighted by Crippen LogP contribution is 2.61. The fourth-order valence-electron chi connectivity index (χ4n) is 3.14. The van der Waals surface area contributed by atoms with Crippen LogP contribution in [0.3, 0.4) is 0 Å². The SMILES string of the molecule is O=P(O)(O)C(F)(F)c1ccc(/C=C/c2ccccc2)c2oc3ccccc3c12. The fourth-order valence-corrected chi connectivity index (χ4v) is 3.64. The molecule has 142 valence electrons. The van der Waals surface area contributed by atoms with E-state index in [4.69, 9.17) is 4.42 Å². The predicted molar refractivity (Wildman–Crippen MR) is 105 cm³/mol. The summed E-state index contributed by atoms with van der Waals surface area (Å²) in [6, 6.07) is 18.4. The molecule has 0 amide bonds. The minimum absolute atomic E-state index is 0.000799. The van der Waals surface area contributed by atoms with E-state index in [1.165, 1.54) is 6.07 Å². The third-order valence-corrected chi connectivity index (χ3v) is 5.47. The molecule has 0 aliphatic rings. The number of para-hydroxylation sites is 1. The third kappa shape index (κ3) is 3.06. The molecule has 0 radical (unpaired) electrons. The van der Waals surface area contributed by atoms with Gasteiger partial charge in [-0.25, -0.2) is 0 Å². The summed E-state index contributed by atoms with van der Waals surface area (Å²) in [6.45, 7) is 0. The molecular weight excluding hydrogens is 385 g/mol. The highest BCUT2D eigenvalue weighted by Gasteiger charge is 2.51. The highest BCUT2D eigenvalue weighted by atomic mass is 31.2. The number of rotatable bonds is 4. The van der Waals surface area contributed by atoms with E-state index in [-0.39, 0.29) is 11.0 Å². The Bertz CT molecular complexity index is 1240. The first-order valence-corrected chi connectivity index (χ1v) is 10.0. The maximum Gasteiger partial charge on any atom is 0.399 e. The number of furan rings is 1. The van der Waals surface area contributed by atoms with Crippen LogP contribution in [0.1, 0.15) is 16.7 Å². The molecule has 3 aromatic carbocycles. The Morgan fingerprint density at radius 1 is 0.893 bits per heavy atom. The minimum Gasteiger partial charge on any atom is -0.455 e. The van der Waals surface area contributed by atoms with Crippen molar-refractivity contribution < 1.29 is 27.5 Å². The van der Waals surface area contributed by atoms with E-state index in [1.54, 1.807) is 30.3 Å². The van der Waals surface area contributed by atoms with E-state index in [9.17, 15) is 23.1 Å². The molecule has 4 aromatic rings. The summed E-state index contributed by atoms with van der Waals surface area (Å²) >= 11 is 0. The summed E-state index contributed by atoms with van der Waals surface area (Å²) in [5, 5.41) is 0.370. The fraction of sp³-hybridized carbons (Fsp3) is 0.0476. The molecule has 0 fully saturated rings. The van der Waals surface area contributed by atoms with Gasteiger partial charge in [-0.1, -0.05) is 72.8 Å². The topological polar surface area (TPSA) is 70.7 Å². The van der Waals surface area contributed by atoms with Crippen LogP contribution in [-0.4, -0.2) is 9.79 Å². The molecular formula is C21H15F2O4P. The first-order chi connectivity index (χ1) is 13.3. The Labute approximate surface area is 158 Å². The normalized spacial score (nSPS) is 13.0. The van der Waals surface area contributed by atoms with Crippen molar-refractivity contribution in [2.24, 2.45) is 0 Å². The van der Waals surface area contributed by atoms with Crippen molar-refractivity contribution in [3.05, 3.63) is 83.4 Å². The second-order valence-corrected chi connectivity index (χ2v) is 7.98. The van der Waals surface area contributed by atoms with E-state index in [1.807, 2.05) is 36.4 Å². The lowest BCUT2D eigenvalue weighted by molar-refractivity contribution is 0.0579. The Morgan fingerprint density at radius 3 is 2.29 bits per heavy atom. The number of alkyl halides is 2. The molecule has 4 rings (SSSR count). The lowest BCUT2D eigenvalue weighted by Crippen LogP contribution is -2.14. The standard InChI is InChI=1S/C21H15F2O4P/c22-21(23,28(24,25)26)17-13-12-15(11-10-14-6-2-1-3-7-14)20-19(17)16-8-4-5-9-18(16)27-20/h1-13H,(H2,24,25,26)/b11-10+. The van der Waals surface area contributed by atoms with Crippen LogP contribution >= 0.6 is 7.60 Å². The molecule has 0 saturated heterocycles. The van der Waals surface area contributed by atoms with Gasteiger partial charge in [0.15, 0.2) is 0 Å². The Balaban J connectivity index is 1.99. The highest BCUT2D eigenvalue weighted by molar-refractivity contribution is 7.52. The predicted octanol–water partition coefficient (Wildman–Crippen LogP) is 5.98. The van der Waals surface area contributed by atoms with Crippen LogP contribution in [0.15, 0.2) is 71.1 Å². The van der Waals surface area contributed by atoms with Gasteiger partial charge in [-0.2, -0.15) is 8.78 Å². The van der Waals surface area contributed by atoms with Gasteiger partial charge in [-0.15, -0.1) is 0 Å². The van der Waals surface area contributed by atoms with Crippen molar-refractivity contribution in [3.8, 4) is 0 Å². The first kappa shape index (κ1) is 18.6. The van der Waals surface area contributed by atoms with Crippen LogP contribution in [0.25, 0.3) is 34.1 Å². The first-order valence-electron chi connectivity index (χ1n) is 8.40. The van der Waals surface area contributed by atoms with E-state index in [0.29, 0.717) is 16.5 Å². The van der Waals surface area contributed by atoms with E-state index < -0.39 is 18.8 Å². The number of fused-ring (bicyclic) bond motifs is 3. The maximum absolute atomic E-state index is 14.6. The van der Waals surface area contributed by atoms with Gasteiger partial charge in [0, 0.05) is 21.9 Å². The second-order valence-electron chi connectivity index (χ2n) is 6.33. The molecule has 28 heavy (non-hydrogen) atoms. The minimum atomic E-state index is -5.72. The Morgan fingerprint density at radius 2 is 1.57 bits per heavy atom. The van der Waals surface area contributed by atoms with Crippen molar-refractivity contribution in [1.82, 2.24) is 0 Å². The van der Waals surface area contributed by atoms with Gasteiger partial charge in [0.2, 0.25) is 0 Å². The molecule has 0 unspecified atom stereocenters. The zero-order valence-corrected chi connectivity index (χ0v) is 15.3. The zero-order valence-electron chi connectivity index (χ0n) is 14.4. The molecule has 0 atom stereocenters. The van der Waals surface area contributed by atoms with Crippen molar-refractivity contribution >= 4 is 41.7 Å². The monoisotopic (exact) mass is 400 g/mol. The van der Waals surface area contributed by atoms with Gasteiger partial charge >= 0.3 is 13.3 Å². The van der Waals surface area contributed by atoms with Crippen LogP contribution in [-0.2, 0) is 10.2 Å². The maximum atomic E-state index is 14.6. The Hall–Kier alpha value is -2.79. The van der Waals surface area contributed by atoms with Crippen molar-refractivity contribution in [1.29, 1.82) is 0 Å². The second kappa shape index (κ2) is 6.67. The molecule has 4 nitrogen and oxygen atoms in total. The van der Waals surface area contributed by atoms with E-state index in [0.717, 1.165) is 11.6 Å². The number of halogens is 2. The third-order valence-electron chi connectivity index (χ3n) is 4.50. The van der Waals surface area contributed by atoms with Crippen molar-refractivity contribution in [2.75, 3.05) is 0 Å². The summed E-state index contributed by atoms with van der Waals surface area (Å²) in [4.78, 5) is 18.4. The van der Waals surface area contributed by atoms with Crippen LogP contribution in [0.5, 0.6) is 0 Å². The lowest BCUT2D eigenvalue weighted by Gasteiger charge is -2.19. The van der Waals surface area contributed by atoms with E-state index >= 15 is 0 Å². The van der Waals surface area contributed by atoms with Crippen LogP contribution in [0.2, 0.25) is 0 Å². The quantitative estimate of drug-likeness (QED) is 0.326. The van der Waals surface area contributed by atoms with Crippen LogP contribution in [0, 0.1) is 0 Å². The molecule has 0 spiro atoms. The largest absolute Gasteiger partial charge is 0.455 e. The molecule has 1 heterocycles. The summed E-state index contributed by atoms with van der Waals surface area (Å²) in [7, 11) is -5.72. The molecule has 7 heteroatoms. The van der Waals surface area contributed by atoms with Gasteiger partial charge in [-0.3, -0.25) is 4.57 Å². The summed E-state index contributed by atoms with van der Waals surface area (Å²) < 4.78 is 46.3. The van der Waals surface area contributed by atoms with Gasteiger partial charge in [0.25, 0.3) is 0 Å². The Kier molecular flexibility index (Phi) is 4.42. The van der Waals surface area contributed by atoms with Gasteiger partial charge in [0.1, 0.15) is 11.2 Å². The van der Waals surface area contributed by atoms with E-state index in [2.05, 4.69) is 0 Å². The molecule has 0 bridgehead atoms. The lowest BCUT2D eigenvalue weighted by atomic mass is 10.0. The number of hydrogen-bond acceptors (Lipinski definition) is 2. The van der Waals surface area contributed by atoms with Gasteiger partial charge in [-0.05, 0) is 11.6 Å². The summed E-state index contributed by atoms with van der Waals surface area (Å²) in [5.74, 6) is 0. The van der Waals surface area contributed by atoms with Gasteiger partial charge in [0.05, 0.1) is 0 Å². The number of hydrogen-bond donors (Lipinski definition) is 2. The average molecular weight is 400 g/mol. The zero-order chi connectivity index (χ0) is 19.9. The van der Waals surface area contributed by atoms with Crippen molar-refractivity contribution in [2.45, 2.75) is 5.66 Å². The molecule has 2 N–H and O–H groups in total. The van der Waals surface area contributed by atoms with Crippen LogP contribution in [0.4, 0.5) is 8.78 Å². The summed E-state index contributed by atoms with van der Waals surface area (Å²) in [5.41, 5.74) is -3.13. The molecule has 0 aliphatic carbocycles. The molecule has 0 saturated carbocycles. The van der Waals surface area contributed by atoms with Crippen LogP contribution < -0.4 is 0 Å². The molecule has 0 aliphatic heterocycles. The average Bonchev–Trinajstić information content (AvgIpc) is 3.06. The summed E-state index contributed by atoms with van der Waals surface area (Å²) in [6.07, 6.45) is 3.53.